The Hall–Kier alpha value is -3.67. The van der Waals surface area contributed by atoms with Crippen molar-refractivity contribution in [2.45, 2.75) is 51.6 Å². The lowest BCUT2D eigenvalue weighted by atomic mass is 9.95. The predicted molar refractivity (Wildman–Crippen MR) is 141 cm³/mol. The zero-order valence-corrected chi connectivity index (χ0v) is 23.1. The molecule has 13 heteroatoms. The second kappa shape index (κ2) is 14.3. The van der Waals surface area contributed by atoms with Gasteiger partial charge in [0, 0.05) is 23.6 Å². The molecule has 1 aliphatic heterocycles. The average Bonchev–Trinajstić information content (AvgIpc) is 3.30. The van der Waals surface area contributed by atoms with Gasteiger partial charge in [-0.2, -0.15) is 8.78 Å². The van der Waals surface area contributed by atoms with E-state index in [9.17, 15) is 36.7 Å². The third kappa shape index (κ3) is 8.91. The number of amides is 3. The fourth-order valence-electron chi connectivity index (χ4n) is 4.40. The lowest BCUT2D eigenvalue weighted by molar-refractivity contribution is -0.133. The molecule has 1 fully saturated rings. The number of hydrogen-bond acceptors (Lipinski definition) is 5. The summed E-state index contributed by atoms with van der Waals surface area (Å²) in [5.74, 6) is -11.7. The van der Waals surface area contributed by atoms with Gasteiger partial charge in [0.05, 0.1) is 12.5 Å². The van der Waals surface area contributed by atoms with Crippen molar-refractivity contribution < 1.29 is 41.5 Å². The quantitative estimate of drug-likeness (QED) is 0.240. The maximum absolute atomic E-state index is 14.0. The van der Waals surface area contributed by atoms with Crippen LogP contribution in [0, 0.1) is 35.1 Å². The molecule has 41 heavy (non-hydrogen) atoms. The van der Waals surface area contributed by atoms with Gasteiger partial charge in [-0.25, -0.2) is 8.78 Å². The largest absolute Gasteiger partial charge is 0.479 e. The highest BCUT2D eigenvalue weighted by Crippen LogP contribution is 2.27. The molecule has 1 saturated heterocycles. The van der Waals surface area contributed by atoms with Crippen molar-refractivity contribution in [1.82, 2.24) is 16.0 Å². The Kier molecular flexibility index (Phi) is 11.1. The van der Waals surface area contributed by atoms with Gasteiger partial charge < -0.3 is 20.7 Å². The lowest BCUT2D eigenvalue weighted by Crippen LogP contribution is -2.53. The summed E-state index contributed by atoms with van der Waals surface area (Å²) in [4.78, 5) is 51.3. The molecule has 3 rings (SSSR count). The van der Waals surface area contributed by atoms with Crippen LogP contribution in [-0.4, -0.2) is 48.7 Å². The summed E-state index contributed by atoms with van der Waals surface area (Å²) in [7, 11) is 0. The third-order valence-electron chi connectivity index (χ3n) is 6.43. The molecule has 1 heterocycles. The number of benzene rings is 2. The number of ether oxygens (including phenoxy) is 1. The van der Waals surface area contributed by atoms with E-state index in [0.29, 0.717) is 23.6 Å². The second-order valence-corrected chi connectivity index (χ2v) is 10.6. The predicted octanol–water partition coefficient (Wildman–Crippen LogP) is 3.63. The molecule has 0 aliphatic carbocycles. The fraction of sp³-hybridized carbons (Fsp3) is 0.429. The molecule has 3 amide bonds. The van der Waals surface area contributed by atoms with E-state index in [1.807, 2.05) is 13.8 Å². The number of carbonyl (C=O) groups is 4. The van der Waals surface area contributed by atoms with Gasteiger partial charge in [-0.05, 0) is 42.9 Å². The smallest absolute Gasteiger partial charge is 0.243 e. The maximum Gasteiger partial charge on any atom is 0.243 e. The zero-order valence-electron chi connectivity index (χ0n) is 22.4. The number of Topliss-reactive ketones (excluding diaryl/α,β-unsaturated/α-hetero) is 1. The van der Waals surface area contributed by atoms with E-state index in [0.717, 1.165) is 0 Å². The first-order chi connectivity index (χ1) is 19.3. The van der Waals surface area contributed by atoms with Crippen LogP contribution in [-0.2, 0) is 25.6 Å². The van der Waals surface area contributed by atoms with Crippen molar-refractivity contribution in [2.24, 2.45) is 11.8 Å². The summed E-state index contributed by atoms with van der Waals surface area (Å²) in [6.07, 6.45) is 0.326. The van der Waals surface area contributed by atoms with Gasteiger partial charge in [0.15, 0.2) is 23.2 Å². The van der Waals surface area contributed by atoms with Crippen LogP contribution in [0.5, 0.6) is 5.75 Å². The highest BCUT2D eigenvalue weighted by atomic mass is 35.5. The molecule has 0 radical (unpaired) electrons. The van der Waals surface area contributed by atoms with Gasteiger partial charge in [-0.3, -0.25) is 19.2 Å². The van der Waals surface area contributed by atoms with Crippen LogP contribution < -0.4 is 20.7 Å². The average molecular weight is 600 g/mol. The van der Waals surface area contributed by atoms with Crippen LogP contribution in [0.25, 0.3) is 0 Å². The highest BCUT2D eigenvalue weighted by molar-refractivity contribution is 6.30. The van der Waals surface area contributed by atoms with Gasteiger partial charge in [0.2, 0.25) is 29.4 Å². The number of halogens is 5. The van der Waals surface area contributed by atoms with Crippen LogP contribution in [0.1, 0.15) is 38.7 Å². The van der Waals surface area contributed by atoms with Crippen molar-refractivity contribution in [3.8, 4) is 5.75 Å². The van der Waals surface area contributed by atoms with Crippen molar-refractivity contribution in [1.29, 1.82) is 0 Å². The fourth-order valence-corrected chi connectivity index (χ4v) is 4.61. The molecule has 0 bridgehead atoms. The molecule has 3 atom stereocenters. The monoisotopic (exact) mass is 599 g/mol. The summed E-state index contributed by atoms with van der Waals surface area (Å²) in [6.45, 7) is 2.93. The molecule has 0 aromatic heterocycles. The first kappa shape index (κ1) is 31.9. The molecule has 0 saturated carbocycles. The van der Waals surface area contributed by atoms with E-state index in [1.54, 1.807) is 24.3 Å². The van der Waals surface area contributed by atoms with E-state index in [1.165, 1.54) is 0 Å². The Balaban J connectivity index is 1.76. The topological polar surface area (TPSA) is 114 Å². The van der Waals surface area contributed by atoms with Crippen LogP contribution in [0.3, 0.4) is 0 Å². The molecule has 222 valence electrons. The molecule has 0 unspecified atom stereocenters. The molecule has 2 aromatic rings. The van der Waals surface area contributed by atoms with E-state index in [2.05, 4.69) is 16.0 Å². The standard InChI is InChI=1S/C28H30ClF4N3O5/c1-14(2)8-21(35-23(38)10-15-4-3-5-17(29)9-15)28(40)36-20(11-16-6-7-34-27(16)39)22(37)13-41-26-24(32)18(30)12-19(31)25(26)33/h3-5,9,12,14,16,20-21H,6-8,10-11,13H2,1-2H3,(H,34,39)(H,35,38)(H,36,40)/t16-,20-,21-/m0/s1. The minimum Gasteiger partial charge on any atom is -0.479 e. The summed E-state index contributed by atoms with van der Waals surface area (Å²) in [5.41, 5.74) is 0.615. The van der Waals surface area contributed by atoms with Crippen molar-refractivity contribution in [3.05, 3.63) is 64.2 Å². The Labute approximate surface area is 239 Å². The first-order valence-electron chi connectivity index (χ1n) is 13.0. The summed E-state index contributed by atoms with van der Waals surface area (Å²) < 4.78 is 60.0. The summed E-state index contributed by atoms with van der Waals surface area (Å²) in [5, 5.41) is 8.21. The van der Waals surface area contributed by atoms with Gasteiger partial charge in [0.1, 0.15) is 12.6 Å². The number of ketones is 1. The number of hydrogen-bond donors (Lipinski definition) is 3. The Bertz CT molecular complexity index is 1280. The van der Waals surface area contributed by atoms with Crippen LogP contribution in [0.2, 0.25) is 5.02 Å². The number of carbonyl (C=O) groups excluding carboxylic acids is 4. The first-order valence-corrected chi connectivity index (χ1v) is 13.3. The Morgan fingerprint density at radius 2 is 1.73 bits per heavy atom. The lowest BCUT2D eigenvalue weighted by Gasteiger charge is -2.25. The normalized spacial score (nSPS) is 16.2. The van der Waals surface area contributed by atoms with Crippen molar-refractivity contribution in [2.75, 3.05) is 13.2 Å². The SMILES string of the molecule is CC(C)C[C@H](NC(=O)Cc1cccc(Cl)c1)C(=O)N[C@@H](C[C@@H]1CCNC1=O)C(=O)COc1c(F)c(F)cc(F)c1F. The summed E-state index contributed by atoms with van der Waals surface area (Å²) >= 11 is 5.97. The van der Waals surface area contributed by atoms with E-state index in [4.69, 9.17) is 16.3 Å². The molecule has 2 aromatic carbocycles. The van der Waals surface area contributed by atoms with Gasteiger partial charge in [0.25, 0.3) is 0 Å². The molecule has 1 aliphatic rings. The van der Waals surface area contributed by atoms with Crippen LogP contribution in [0.4, 0.5) is 17.6 Å². The molecular formula is C28H30ClF4N3O5. The van der Waals surface area contributed by atoms with Crippen LogP contribution >= 0.6 is 11.6 Å². The van der Waals surface area contributed by atoms with Gasteiger partial charge in [-0.1, -0.05) is 37.6 Å². The number of nitrogens with one attached hydrogen (secondary N) is 3. The van der Waals surface area contributed by atoms with Crippen molar-refractivity contribution in [3.63, 3.8) is 0 Å². The van der Waals surface area contributed by atoms with E-state index in [-0.39, 0.29) is 37.2 Å². The second-order valence-electron chi connectivity index (χ2n) is 10.2. The molecule has 0 spiro atoms. The minimum atomic E-state index is -1.83. The van der Waals surface area contributed by atoms with E-state index < -0.39 is 71.2 Å². The maximum atomic E-state index is 14.0. The summed E-state index contributed by atoms with van der Waals surface area (Å²) in [6, 6.07) is 4.18. The minimum absolute atomic E-state index is 0.00335. The van der Waals surface area contributed by atoms with Gasteiger partial charge in [-0.15, -0.1) is 0 Å². The number of rotatable bonds is 13. The third-order valence-corrected chi connectivity index (χ3v) is 6.67. The van der Waals surface area contributed by atoms with Gasteiger partial charge >= 0.3 is 0 Å². The zero-order chi connectivity index (χ0) is 30.3. The molecule has 3 N–H and O–H groups in total. The molecular weight excluding hydrogens is 570 g/mol. The van der Waals surface area contributed by atoms with E-state index >= 15 is 0 Å². The van der Waals surface area contributed by atoms with Crippen molar-refractivity contribution >= 4 is 35.1 Å². The Morgan fingerprint density at radius 1 is 1.05 bits per heavy atom. The molecule has 8 nitrogen and oxygen atoms in total. The highest BCUT2D eigenvalue weighted by Gasteiger charge is 2.34. The van der Waals surface area contributed by atoms with Crippen LogP contribution in [0.15, 0.2) is 30.3 Å². The Morgan fingerprint density at radius 3 is 2.32 bits per heavy atom.